The van der Waals surface area contributed by atoms with Gasteiger partial charge in [0.1, 0.15) is 0 Å². The van der Waals surface area contributed by atoms with Gasteiger partial charge in [0.05, 0.1) is 19.1 Å². The first-order chi connectivity index (χ1) is 12.9. The molecule has 0 N–H and O–H groups in total. The third-order valence-electron chi connectivity index (χ3n) is 4.38. The lowest BCUT2D eigenvalue weighted by Crippen LogP contribution is -2.29. The summed E-state index contributed by atoms with van der Waals surface area (Å²) >= 11 is 0. The molecule has 0 aromatic heterocycles. The number of nitro benzene ring substituents is 1. The van der Waals surface area contributed by atoms with Crippen LogP contribution < -0.4 is 9.47 Å². The first-order valence-electron chi connectivity index (χ1n) is 8.62. The Kier molecular flexibility index (Phi) is 7.16. The van der Waals surface area contributed by atoms with Crippen molar-refractivity contribution in [3.05, 3.63) is 63.7 Å². The van der Waals surface area contributed by atoms with Gasteiger partial charge in [0.2, 0.25) is 5.91 Å². The average molecular weight is 372 g/mol. The third-order valence-corrected chi connectivity index (χ3v) is 4.38. The highest BCUT2D eigenvalue weighted by Crippen LogP contribution is 2.27. The highest BCUT2D eigenvalue weighted by molar-refractivity contribution is 5.76. The molecule has 0 aliphatic carbocycles. The van der Waals surface area contributed by atoms with Gasteiger partial charge < -0.3 is 14.4 Å². The summed E-state index contributed by atoms with van der Waals surface area (Å²) in [5.41, 5.74) is 2.02. The van der Waals surface area contributed by atoms with E-state index in [1.165, 1.54) is 12.1 Å². The fourth-order valence-corrected chi connectivity index (χ4v) is 2.68. The Morgan fingerprint density at radius 1 is 1.00 bits per heavy atom. The molecule has 0 atom stereocenters. The predicted octanol–water partition coefficient (Wildman–Crippen LogP) is 3.25. The molecule has 27 heavy (non-hydrogen) atoms. The molecule has 0 aliphatic rings. The van der Waals surface area contributed by atoms with E-state index in [4.69, 9.17) is 9.47 Å². The molecule has 0 heterocycles. The molecule has 7 heteroatoms. The number of ether oxygens (including phenoxy) is 2. The molecule has 0 aliphatic heterocycles. The Labute approximate surface area is 158 Å². The van der Waals surface area contributed by atoms with Gasteiger partial charge in [-0.1, -0.05) is 18.2 Å². The summed E-state index contributed by atoms with van der Waals surface area (Å²) in [6.07, 6.45) is 1.62. The van der Waals surface area contributed by atoms with Gasteiger partial charge in [-0.3, -0.25) is 14.9 Å². The van der Waals surface area contributed by atoms with Gasteiger partial charge in [0, 0.05) is 32.1 Å². The number of hydrogen-bond donors (Lipinski definition) is 0. The van der Waals surface area contributed by atoms with Crippen molar-refractivity contribution in [1.82, 2.24) is 4.90 Å². The Bertz CT molecular complexity index is 789. The van der Waals surface area contributed by atoms with Crippen LogP contribution in [0.25, 0.3) is 0 Å². The molecule has 0 saturated heterocycles. The maximum atomic E-state index is 12.3. The van der Waals surface area contributed by atoms with E-state index < -0.39 is 4.92 Å². The molecule has 0 bridgehead atoms. The number of amides is 1. The number of hydrogen-bond acceptors (Lipinski definition) is 5. The van der Waals surface area contributed by atoms with Crippen LogP contribution in [0.4, 0.5) is 5.69 Å². The largest absolute Gasteiger partial charge is 0.493 e. The summed E-state index contributed by atoms with van der Waals surface area (Å²) in [6.45, 7) is 0.592. The van der Waals surface area contributed by atoms with Crippen molar-refractivity contribution in [1.29, 1.82) is 0 Å². The second kappa shape index (κ2) is 9.56. The van der Waals surface area contributed by atoms with Crippen LogP contribution in [0.1, 0.15) is 17.5 Å². The van der Waals surface area contributed by atoms with Gasteiger partial charge in [-0.05, 0) is 36.1 Å². The number of nitrogens with zero attached hydrogens (tertiary/aromatic N) is 2. The van der Waals surface area contributed by atoms with Gasteiger partial charge in [-0.15, -0.1) is 0 Å². The van der Waals surface area contributed by atoms with Gasteiger partial charge in [0.15, 0.2) is 11.5 Å². The van der Waals surface area contributed by atoms with E-state index in [1.807, 2.05) is 18.2 Å². The molecule has 144 valence electrons. The fraction of sp³-hybridized carbons (Fsp3) is 0.350. The van der Waals surface area contributed by atoms with Crippen LogP contribution in [-0.4, -0.2) is 43.5 Å². The average Bonchev–Trinajstić information content (AvgIpc) is 2.70. The first-order valence-corrected chi connectivity index (χ1v) is 8.62. The third kappa shape index (κ3) is 5.70. The second-order valence-electron chi connectivity index (χ2n) is 6.18. The molecule has 0 radical (unpaired) electrons. The molecule has 0 spiro atoms. The van der Waals surface area contributed by atoms with Crippen molar-refractivity contribution in [3.63, 3.8) is 0 Å². The molecular formula is C20H24N2O5. The number of aryl methyl sites for hydroxylation is 1. The molecule has 0 unspecified atom stereocenters. The molecule has 2 aromatic rings. The number of non-ortho nitro benzene ring substituents is 1. The smallest absolute Gasteiger partial charge is 0.269 e. The summed E-state index contributed by atoms with van der Waals surface area (Å²) in [6, 6.07) is 12.0. The molecule has 7 nitrogen and oxygen atoms in total. The summed E-state index contributed by atoms with van der Waals surface area (Å²) in [5, 5.41) is 10.7. The highest BCUT2D eigenvalue weighted by Gasteiger charge is 2.11. The molecule has 1 amide bonds. The maximum absolute atomic E-state index is 12.3. The van der Waals surface area contributed by atoms with Crippen LogP contribution in [-0.2, 0) is 17.6 Å². The van der Waals surface area contributed by atoms with Crippen molar-refractivity contribution >= 4 is 11.6 Å². The number of nitro groups is 1. The summed E-state index contributed by atoms with van der Waals surface area (Å²) in [4.78, 5) is 24.2. The zero-order chi connectivity index (χ0) is 19.8. The van der Waals surface area contributed by atoms with Crippen molar-refractivity contribution in [3.8, 4) is 11.5 Å². The zero-order valence-corrected chi connectivity index (χ0v) is 15.8. The second-order valence-corrected chi connectivity index (χ2v) is 6.18. The van der Waals surface area contributed by atoms with Crippen LogP contribution in [0.2, 0.25) is 0 Å². The molecular weight excluding hydrogens is 348 g/mol. The van der Waals surface area contributed by atoms with Gasteiger partial charge in [0.25, 0.3) is 5.69 Å². The van der Waals surface area contributed by atoms with Crippen LogP contribution >= 0.6 is 0 Å². The van der Waals surface area contributed by atoms with E-state index in [1.54, 1.807) is 38.3 Å². The minimum Gasteiger partial charge on any atom is -0.493 e. The van der Waals surface area contributed by atoms with Crippen molar-refractivity contribution in [2.45, 2.75) is 19.3 Å². The van der Waals surface area contributed by atoms with Crippen molar-refractivity contribution < 1.29 is 19.2 Å². The lowest BCUT2D eigenvalue weighted by atomic mass is 10.1. The maximum Gasteiger partial charge on any atom is 0.269 e. The summed E-state index contributed by atoms with van der Waals surface area (Å²) < 4.78 is 10.5. The molecule has 0 fully saturated rings. The van der Waals surface area contributed by atoms with E-state index in [2.05, 4.69) is 0 Å². The van der Waals surface area contributed by atoms with Gasteiger partial charge in [-0.2, -0.15) is 0 Å². The monoisotopic (exact) mass is 372 g/mol. The number of carbonyl (C=O) groups excluding carboxylic acids is 1. The summed E-state index contributed by atoms with van der Waals surface area (Å²) in [7, 11) is 4.96. The van der Waals surface area contributed by atoms with E-state index in [0.29, 0.717) is 37.3 Å². The standard InChI is InChI=1S/C20H24N2O5/c1-21(13-12-16-6-10-18(26-2)19(14-16)27-3)20(23)11-7-15-4-8-17(9-5-15)22(24)25/h4-6,8-10,14H,7,11-13H2,1-3H3. The van der Waals surface area contributed by atoms with E-state index >= 15 is 0 Å². The van der Waals surface area contributed by atoms with E-state index in [-0.39, 0.29) is 11.6 Å². The molecule has 0 saturated carbocycles. The first kappa shape index (κ1) is 20.2. The van der Waals surface area contributed by atoms with Crippen LogP contribution in [0.5, 0.6) is 11.5 Å². The number of methoxy groups -OCH3 is 2. The number of likely N-dealkylation sites (N-methyl/N-ethyl adjacent to an activating group) is 1. The minimum absolute atomic E-state index is 0.0360. The zero-order valence-electron chi connectivity index (χ0n) is 15.8. The van der Waals surface area contributed by atoms with E-state index in [9.17, 15) is 14.9 Å². The van der Waals surface area contributed by atoms with Crippen LogP contribution in [0.3, 0.4) is 0 Å². The Morgan fingerprint density at radius 3 is 2.22 bits per heavy atom. The Balaban J connectivity index is 1.84. The Hall–Kier alpha value is -3.09. The normalized spacial score (nSPS) is 10.3. The number of benzene rings is 2. The lowest BCUT2D eigenvalue weighted by Gasteiger charge is -2.18. The lowest BCUT2D eigenvalue weighted by molar-refractivity contribution is -0.384. The van der Waals surface area contributed by atoms with Crippen LogP contribution in [0, 0.1) is 10.1 Å². The van der Waals surface area contributed by atoms with Gasteiger partial charge >= 0.3 is 0 Å². The van der Waals surface area contributed by atoms with E-state index in [0.717, 1.165) is 11.1 Å². The Morgan fingerprint density at radius 2 is 1.63 bits per heavy atom. The predicted molar refractivity (Wildman–Crippen MR) is 102 cm³/mol. The molecule has 2 rings (SSSR count). The van der Waals surface area contributed by atoms with Crippen molar-refractivity contribution in [2.24, 2.45) is 0 Å². The summed E-state index contributed by atoms with van der Waals surface area (Å²) in [5.74, 6) is 1.38. The minimum atomic E-state index is -0.434. The van der Waals surface area contributed by atoms with Crippen molar-refractivity contribution in [2.75, 3.05) is 27.8 Å². The quantitative estimate of drug-likeness (QED) is 0.498. The van der Waals surface area contributed by atoms with Crippen LogP contribution in [0.15, 0.2) is 42.5 Å². The fourth-order valence-electron chi connectivity index (χ4n) is 2.68. The SMILES string of the molecule is COc1ccc(CCN(C)C(=O)CCc2ccc([N+](=O)[O-])cc2)cc1OC. The topological polar surface area (TPSA) is 81.9 Å². The number of rotatable bonds is 9. The number of carbonyl (C=O) groups is 1. The molecule has 2 aromatic carbocycles. The van der Waals surface area contributed by atoms with Gasteiger partial charge in [-0.25, -0.2) is 0 Å². The highest BCUT2D eigenvalue weighted by atomic mass is 16.6.